The summed E-state index contributed by atoms with van der Waals surface area (Å²) < 4.78 is 1.59. The number of aryl methyl sites for hydroxylation is 1. The van der Waals surface area contributed by atoms with Crippen molar-refractivity contribution in [1.82, 2.24) is 19.7 Å². The van der Waals surface area contributed by atoms with Crippen LogP contribution >= 0.6 is 11.6 Å². The van der Waals surface area contributed by atoms with Gasteiger partial charge >= 0.3 is 0 Å². The highest BCUT2D eigenvalue weighted by Gasteiger charge is 2.12. The maximum absolute atomic E-state index is 12.5. The molecule has 0 unspecified atom stereocenters. The first kappa shape index (κ1) is 18.1. The van der Waals surface area contributed by atoms with Crippen LogP contribution in [-0.4, -0.2) is 39.2 Å². The standard InChI is InChI=1S/C19H20ClN5O/c1-14-3-5-15(6-4-14)10-24(2)11-19(26)23-17-9-16(20)7-8-18(17)25-13-21-12-22-25/h3-9,12-13H,10-11H2,1-2H3,(H,23,26). The summed E-state index contributed by atoms with van der Waals surface area (Å²) >= 11 is 6.08. The van der Waals surface area contributed by atoms with Gasteiger partial charge in [-0.3, -0.25) is 9.69 Å². The van der Waals surface area contributed by atoms with Crippen LogP contribution in [0.25, 0.3) is 5.69 Å². The molecule has 0 aliphatic carbocycles. The molecule has 0 spiro atoms. The van der Waals surface area contributed by atoms with Gasteiger partial charge in [0.15, 0.2) is 0 Å². The first-order valence-electron chi connectivity index (χ1n) is 8.20. The van der Waals surface area contributed by atoms with Crippen molar-refractivity contribution in [3.8, 4) is 5.69 Å². The van der Waals surface area contributed by atoms with Crippen molar-refractivity contribution in [3.63, 3.8) is 0 Å². The molecule has 3 aromatic rings. The number of nitrogens with zero attached hydrogens (tertiary/aromatic N) is 4. The summed E-state index contributed by atoms with van der Waals surface area (Å²) in [7, 11) is 1.91. The molecule has 0 aliphatic rings. The molecule has 0 atom stereocenters. The van der Waals surface area contributed by atoms with Gasteiger partial charge in [0, 0.05) is 11.6 Å². The van der Waals surface area contributed by atoms with Crippen LogP contribution in [0.5, 0.6) is 0 Å². The molecule has 1 heterocycles. The molecule has 0 bridgehead atoms. The quantitative estimate of drug-likeness (QED) is 0.724. The van der Waals surface area contributed by atoms with Gasteiger partial charge in [0.05, 0.1) is 17.9 Å². The van der Waals surface area contributed by atoms with Crippen molar-refractivity contribution < 1.29 is 4.79 Å². The van der Waals surface area contributed by atoms with Gasteiger partial charge in [0.2, 0.25) is 5.91 Å². The molecule has 0 aliphatic heterocycles. The molecule has 0 saturated heterocycles. The second kappa shape index (κ2) is 8.12. The molecular weight excluding hydrogens is 350 g/mol. The number of rotatable bonds is 6. The Morgan fingerprint density at radius 2 is 2.00 bits per heavy atom. The number of hydrogen-bond donors (Lipinski definition) is 1. The van der Waals surface area contributed by atoms with Crippen molar-refractivity contribution in [2.45, 2.75) is 13.5 Å². The van der Waals surface area contributed by atoms with Crippen molar-refractivity contribution in [2.75, 3.05) is 18.9 Å². The Labute approximate surface area is 157 Å². The summed E-state index contributed by atoms with van der Waals surface area (Å²) in [5.41, 5.74) is 3.69. The van der Waals surface area contributed by atoms with Gasteiger partial charge in [-0.05, 0) is 37.7 Å². The minimum atomic E-state index is -0.122. The summed E-state index contributed by atoms with van der Waals surface area (Å²) in [6.45, 7) is 3.01. The summed E-state index contributed by atoms with van der Waals surface area (Å²) in [6, 6.07) is 13.5. The highest BCUT2D eigenvalue weighted by Crippen LogP contribution is 2.24. The topological polar surface area (TPSA) is 63.1 Å². The van der Waals surface area contributed by atoms with Crippen LogP contribution in [0.1, 0.15) is 11.1 Å². The van der Waals surface area contributed by atoms with Crippen molar-refractivity contribution in [3.05, 3.63) is 71.3 Å². The van der Waals surface area contributed by atoms with Crippen molar-refractivity contribution in [1.29, 1.82) is 0 Å². The van der Waals surface area contributed by atoms with E-state index in [4.69, 9.17) is 11.6 Å². The second-order valence-corrected chi connectivity index (χ2v) is 6.64. The molecule has 6 nitrogen and oxygen atoms in total. The number of anilines is 1. The summed E-state index contributed by atoms with van der Waals surface area (Å²) in [6.07, 6.45) is 3.01. The SMILES string of the molecule is Cc1ccc(CN(C)CC(=O)Nc2cc(Cl)ccc2-n2cncn2)cc1. The highest BCUT2D eigenvalue weighted by molar-refractivity contribution is 6.31. The lowest BCUT2D eigenvalue weighted by atomic mass is 10.1. The molecule has 0 radical (unpaired) electrons. The molecular formula is C19H20ClN5O. The Hall–Kier alpha value is -2.70. The number of nitrogens with one attached hydrogen (secondary N) is 1. The van der Waals surface area contributed by atoms with E-state index < -0.39 is 0 Å². The summed E-state index contributed by atoms with van der Waals surface area (Å²) in [5, 5.41) is 7.56. The molecule has 0 saturated carbocycles. The van der Waals surface area contributed by atoms with E-state index in [0.29, 0.717) is 22.9 Å². The Morgan fingerprint density at radius 3 is 2.69 bits per heavy atom. The van der Waals surface area contributed by atoms with E-state index in [-0.39, 0.29) is 12.5 Å². The van der Waals surface area contributed by atoms with Gasteiger partial charge < -0.3 is 5.32 Å². The largest absolute Gasteiger partial charge is 0.323 e. The normalized spacial score (nSPS) is 10.9. The first-order valence-corrected chi connectivity index (χ1v) is 8.57. The molecule has 134 valence electrons. The van der Waals surface area contributed by atoms with Gasteiger partial charge in [-0.2, -0.15) is 5.10 Å². The number of carbonyl (C=O) groups excluding carboxylic acids is 1. The van der Waals surface area contributed by atoms with E-state index >= 15 is 0 Å². The van der Waals surface area contributed by atoms with Crippen LogP contribution in [0.4, 0.5) is 5.69 Å². The lowest BCUT2D eigenvalue weighted by Gasteiger charge is -2.17. The van der Waals surface area contributed by atoms with Gasteiger partial charge in [0.25, 0.3) is 0 Å². The van der Waals surface area contributed by atoms with Crippen molar-refractivity contribution in [2.24, 2.45) is 0 Å². The molecule has 7 heteroatoms. The third-order valence-corrected chi connectivity index (χ3v) is 4.12. The number of halogens is 1. The van der Waals surface area contributed by atoms with E-state index in [2.05, 4.69) is 46.6 Å². The number of benzene rings is 2. The molecule has 1 N–H and O–H groups in total. The van der Waals surface area contributed by atoms with Crippen LogP contribution in [0.2, 0.25) is 5.02 Å². The number of amides is 1. The van der Waals surface area contributed by atoms with Gasteiger partial charge in [-0.25, -0.2) is 9.67 Å². The number of carbonyl (C=O) groups is 1. The first-order chi connectivity index (χ1) is 12.5. The molecule has 26 heavy (non-hydrogen) atoms. The lowest BCUT2D eigenvalue weighted by molar-refractivity contribution is -0.117. The lowest BCUT2D eigenvalue weighted by Crippen LogP contribution is -2.30. The Morgan fingerprint density at radius 1 is 1.23 bits per heavy atom. The van der Waals surface area contributed by atoms with Crippen LogP contribution < -0.4 is 5.32 Å². The molecule has 1 amide bonds. The third-order valence-electron chi connectivity index (χ3n) is 3.88. The Kier molecular flexibility index (Phi) is 5.65. The zero-order valence-electron chi connectivity index (χ0n) is 14.7. The van der Waals surface area contributed by atoms with Gasteiger partial charge in [-0.15, -0.1) is 0 Å². The van der Waals surface area contributed by atoms with Crippen LogP contribution in [0, 0.1) is 6.92 Å². The smallest absolute Gasteiger partial charge is 0.238 e. The van der Waals surface area contributed by atoms with Crippen LogP contribution in [-0.2, 0) is 11.3 Å². The van der Waals surface area contributed by atoms with E-state index in [1.807, 2.05) is 11.9 Å². The molecule has 1 aromatic heterocycles. The maximum atomic E-state index is 12.5. The number of aromatic nitrogens is 3. The van der Waals surface area contributed by atoms with Gasteiger partial charge in [0.1, 0.15) is 12.7 Å². The van der Waals surface area contributed by atoms with Crippen LogP contribution in [0.3, 0.4) is 0 Å². The Balaban J connectivity index is 1.66. The minimum Gasteiger partial charge on any atom is -0.323 e. The predicted molar refractivity (Wildman–Crippen MR) is 103 cm³/mol. The maximum Gasteiger partial charge on any atom is 0.238 e. The summed E-state index contributed by atoms with van der Waals surface area (Å²) in [5.74, 6) is -0.122. The second-order valence-electron chi connectivity index (χ2n) is 6.21. The third kappa shape index (κ3) is 4.68. The van der Waals surface area contributed by atoms with Crippen LogP contribution in [0.15, 0.2) is 55.1 Å². The van der Waals surface area contributed by atoms with Gasteiger partial charge in [-0.1, -0.05) is 41.4 Å². The average Bonchev–Trinajstić information content (AvgIpc) is 3.11. The molecule has 2 aromatic carbocycles. The van der Waals surface area contributed by atoms with Crippen molar-refractivity contribution >= 4 is 23.2 Å². The minimum absolute atomic E-state index is 0.122. The monoisotopic (exact) mass is 369 g/mol. The predicted octanol–water partition coefficient (Wildman–Crippen LogP) is 3.30. The van der Waals surface area contributed by atoms with E-state index in [1.165, 1.54) is 11.9 Å². The van der Waals surface area contributed by atoms with E-state index in [9.17, 15) is 4.79 Å². The molecule has 3 rings (SSSR count). The summed E-state index contributed by atoms with van der Waals surface area (Å²) in [4.78, 5) is 18.4. The van der Waals surface area contributed by atoms with E-state index in [1.54, 1.807) is 29.2 Å². The number of likely N-dealkylation sites (N-methyl/N-ethyl adjacent to an activating group) is 1. The zero-order valence-corrected chi connectivity index (χ0v) is 15.4. The molecule has 0 fully saturated rings. The highest BCUT2D eigenvalue weighted by atomic mass is 35.5. The average molecular weight is 370 g/mol. The van der Waals surface area contributed by atoms with E-state index in [0.717, 1.165) is 5.56 Å². The fraction of sp³-hybridized carbons (Fsp3) is 0.211. The Bertz CT molecular complexity index is 877. The fourth-order valence-electron chi connectivity index (χ4n) is 2.64. The number of hydrogen-bond acceptors (Lipinski definition) is 4. The zero-order chi connectivity index (χ0) is 18.5. The fourth-order valence-corrected chi connectivity index (χ4v) is 2.81.